The van der Waals surface area contributed by atoms with Crippen molar-refractivity contribution in [3.63, 3.8) is 0 Å². The zero-order valence-corrected chi connectivity index (χ0v) is 17.5. The van der Waals surface area contributed by atoms with Crippen LogP contribution in [0, 0.1) is 10.1 Å². The Hall–Kier alpha value is -1.51. The van der Waals surface area contributed by atoms with E-state index in [1.54, 1.807) is 6.07 Å². The number of hydrogen-bond acceptors (Lipinski definition) is 5. The molecule has 25 heavy (non-hydrogen) atoms. The Morgan fingerprint density at radius 3 is 2.56 bits per heavy atom. The highest BCUT2D eigenvalue weighted by atomic mass is 32.1. The van der Waals surface area contributed by atoms with Gasteiger partial charge in [0.15, 0.2) is 13.9 Å². The van der Waals surface area contributed by atoms with Crippen molar-refractivity contribution in [2.24, 2.45) is 0 Å². The van der Waals surface area contributed by atoms with Crippen LogP contribution < -0.4 is 10.1 Å². The zero-order valence-electron chi connectivity index (χ0n) is 15.6. The molecule has 1 aliphatic rings. The fraction of sp³-hybridized carbons (Fsp3) is 0.588. The number of thiocarbonyl (C=S) groups is 1. The van der Waals surface area contributed by atoms with Crippen LogP contribution in [-0.2, 0) is 4.43 Å². The largest absolute Gasteiger partial charge is 0.476 e. The highest BCUT2D eigenvalue weighted by Gasteiger charge is 2.45. The van der Waals surface area contributed by atoms with E-state index in [0.29, 0.717) is 29.5 Å². The van der Waals surface area contributed by atoms with Crippen LogP contribution in [0.15, 0.2) is 18.2 Å². The molecule has 8 heteroatoms. The van der Waals surface area contributed by atoms with Crippen molar-refractivity contribution >= 4 is 36.9 Å². The number of nitro benzene ring substituents is 1. The molecule has 1 unspecified atom stereocenters. The number of nitrogens with zero attached hydrogens (tertiary/aromatic N) is 1. The van der Waals surface area contributed by atoms with Crippen LogP contribution in [0.2, 0.25) is 18.1 Å². The first-order valence-electron chi connectivity index (χ1n) is 8.35. The summed E-state index contributed by atoms with van der Waals surface area (Å²) in [6, 6.07) is 4.49. The van der Waals surface area contributed by atoms with Gasteiger partial charge in [-0.25, -0.2) is 0 Å². The molecule has 0 saturated heterocycles. The molecule has 1 heterocycles. The third kappa shape index (κ3) is 3.85. The summed E-state index contributed by atoms with van der Waals surface area (Å²) in [5.41, 5.74) is -0.233. The van der Waals surface area contributed by atoms with Crippen LogP contribution in [0.5, 0.6) is 5.75 Å². The summed E-state index contributed by atoms with van der Waals surface area (Å²) in [5, 5.41) is 14.1. The Kier molecular flexibility index (Phi) is 5.28. The number of non-ortho nitro benzene ring substituents is 1. The normalized spacial score (nSPS) is 20.5. The maximum Gasteiger partial charge on any atom is 0.271 e. The summed E-state index contributed by atoms with van der Waals surface area (Å²) in [4.78, 5) is 11.0. The maximum atomic E-state index is 10.9. The van der Waals surface area contributed by atoms with Crippen LogP contribution >= 0.6 is 12.2 Å². The van der Waals surface area contributed by atoms with Crippen molar-refractivity contribution in [1.82, 2.24) is 0 Å². The molecule has 0 radical (unpaired) electrons. The molecule has 1 N–H and O–H groups in total. The molecule has 2 rings (SSSR count). The molecule has 0 spiro atoms. The molecule has 0 saturated carbocycles. The minimum absolute atomic E-state index is 0.000767. The minimum atomic E-state index is -1.95. The van der Waals surface area contributed by atoms with Gasteiger partial charge in [-0.15, -0.1) is 0 Å². The number of ether oxygens (including phenoxy) is 1. The molecule has 1 aliphatic heterocycles. The van der Waals surface area contributed by atoms with Crippen LogP contribution in [0.25, 0.3) is 0 Å². The van der Waals surface area contributed by atoms with Crippen molar-refractivity contribution in [1.29, 1.82) is 0 Å². The van der Waals surface area contributed by atoms with Crippen molar-refractivity contribution in [3.8, 4) is 5.75 Å². The molecular weight excluding hydrogens is 356 g/mol. The van der Waals surface area contributed by atoms with Crippen LogP contribution in [0.3, 0.4) is 0 Å². The molecule has 0 amide bonds. The van der Waals surface area contributed by atoms with Gasteiger partial charge >= 0.3 is 0 Å². The Bertz CT molecular complexity index is 702. The molecule has 0 aromatic heterocycles. The summed E-state index contributed by atoms with van der Waals surface area (Å²) < 4.78 is 12.5. The van der Waals surface area contributed by atoms with E-state index in [-0.39, 0.29) is 10.7 Å². The molecular formula is C17H26N2O4SSi. The van der Waals surface area contributed by atoms with E-state index >= 15 is 0 Å². The fourth-order valence-electron chi connectivity index (χ4n) is 2.25. The molecule has 1 aromatic carbocycles. The van der Waals surface area contributed by atoms with E-state index < -0.39 is 18.8 Å². The average molecular weight is 383 g/mol. The van der Waals surface area contributed by atoms with Gasteiger partial charge in [-0.3, -0.25) is 10.1 Å². The number of anilines is 1. The molecule has 0 fully saturated rings. The lowest BCUT2D eigenvalue weighted by atomic mass is 9.99. The van der Waals surface area contributed by atoms with E-state index in [2.05, 4.69) is 39.2 Å². The Labute approximate surface area is 155 Å². The van der Waals surface area contributed by atoms with Gasteiger partial charge in [0.25, 0.3) is 5.69 Å². The zero-order chi connectivity index (χ0) is 19.0. The van der Waals surface area contributed by atoms with Crippen LogP contribution in [0.1, 0.15) is 34.1 Å². The Balaban J connectivity index is 2.27. The van der Waals surface area contributed by atoms with Gasteiger partial charge in [0.1, 0.15) is 10.7 Å². The molecule has 6 nitrogen and oxygen atoms in total. The third-order valence-electron chi connectivity index (χ3n) is 5.18. The summed E-state index contributed by atoms with van der Waals surface area (Å²) >= 11 is 5.53. The minimum Gasteiger partial charge on any atom is -0.476 e. The lowest BCUT2D eigenvalue weighted by molar-refractivity contribution is -0.384. The van der Waals surface area contributed by atoms with E-state index in [9.17, 15) is 10.1 Å². The summed E-state index contributed by atoms with van der Waals surface area (Å²) in [6.07, 6.45) is 0.643. The third-order valence-corrected chi connectivity index (χ3v) is 10.1. The summed E-state index contributed by atoms with van der Waals surface area (Å²) in [7, 11) is -1.95. The second kappa shape index (κ2) is 6.66. The lowest BCUT2D eigenvalue weighted by Gasteiger charge is -2.43. The predicted molar refractivity (Wildman–Crippen MR) is 106 cm³/mol. The van der Waals surface area contributed by atoms with Crippen LogP contribution in [-0.4, -0.2) is 30.4 Å². The predicted octanol–water partition coefficient (Wildman–Crippen LogP) is 4.90. The van der Waals surface area contributed by atoms with Crippen molar-refractivity contribution in [2.45, 2.75) is 57.8 Å². The monoisotopic (exact) mass is 382 g/mol. The quantitative estimate of drug-likeness (QED) is 0.338. The number of hydrogen-bond donors (Lipinski definition) is 1. The topological polar surface area (TPSA) is 73.6 Å². The van der Waals surface area contributed by atoms with Crippen molar-refractivity contribution < 1.29 is 14.1 Å². The number of nitro groups is 1. The van der Waals surface area contributed by atoms with E-state index in [0.717, 1.165) is 0 Å². The highest BCUT2D eigenvalue weighted by molar-refractivity contribution is 7.80. The van der Waals surface area contributed by atoms with Gasteiger partial charge in [0, 0.05) is 12.1 Å². The van der Waals surface area contributed by atoms with Gasteiger partial charge < -0.3 is 14.5 Å². The number of rotatable bonds is 5. The number of fused-ring (bicyclic) bond motifs is 1. The molecule has 1 atom stereocenters. The Morgan fingerprint density at radius 1 is 1.40 bits per heavy atom. The van der Waals surface area contributed by atoms with Gasteiger partial charge in [-0.2, -0.15) is 0 Å². The van der Waals surface area contributed by atoms with Crippen molar-refractivity contribution in [2.75, 3.05) is 11.9 Å². The van der Waals surface area contributed by atoms with Gasteiger partial charge in [-0.1, -0.05) is 39.9 Å². The smallest absolute Gasteiger partial charge is 0.271 e. The highest BCUT2D eigenvalue weighted by Crippen LogP contribution is 2.41. The van der Waals surface area contributed by atoms with Gasteiger partial charge in [0.05, 0.1) is 17.2 Å². The van der Waals surface area contributed by atoms with E-state index in [1.807, 2.05) is 6.92 Å². The second-order valence-corrected chi connectivity index (χ2v) is 13.1. The van der Waals surface area contributed by atoms with Crippen LogP contribution in [0.4, 0.5) is 11.4 Å². The first-order chi connectivity index (χ1) is 11.4. The summed E-state index contributed by atoms with van der Waals surface area (Å²) in [5.74, 6) is 0.555. The van der Waals surface area contributed by atoms with Gasteiger partial charge in [0.2, 0.25) is 0 Å². The average Bonchev–Trinajstić information content (AvgIpc) is 2.51. The maximum absolute atomic E-state index is 10.9. The van der Waals surface area contributed by atoms with Crippen molar-refractivity contribution in [3.05, 3.63) is 28.3 Å². The Morgan fingerprint density at radius 2 is 2.04 bits per heavy atom. The second-order valence-electron chi connectivity index (χ2n) is 7.89. The fourth-order valence-corrected chi connectivity index (χ4v) is 3.64. The number of benzene rings is 1. The molecule has 0 aliphatic carbocycles. The SMILES string of the molecule is CCC1(CO[Si](C)(C)C(C)(C)C)Oc2ccc([N+](=O)[O-])cc2NC1=S. The standard InChI is InChI=1S/C17H26N2O4SSi/c1-7-17(11-22-25(5,6)16(2,3)4)15(24)18-13-10-12(19(20)21)8-9-14(13)23-17/h8-10H,7,11H2,1-6H3,(H,18,24). The molecule has 0 bridgehead atoms. The molecule has 1 aromatic rings. The van der Waals surface area contributed by atoms with E-state index in [4.69, 9.17) is 21.4 Å². The molecule has 138 valence electrons. The lowest BCUT2D eigenvalue weighted by Crippen LogP contribution is -2.55. The first kappa shape index (κ1) is 19.8. The van der Waals surface area contributed by atoms with Gasteiger partial charge in [-0.05, 0) is 30.6 Å². The number of nitrogens with one attached hydrogen (secondary N) is 1. The van der Waals surface area contributed by atoms with E-state index in [1.165, 1.54) is 12.1 Å². The first-order valence-corrected chi connectivity index (χ1v) is 11.7. The summed E-state index contributed by atoms with van der Waals surface area (Å²) in [6.45, 7) is 13.3.